The van der Waals surface area contributed by atoms with E-state index in [4.69, 9.17) is 25.8 Å². The lowest BCUT2D eigenvalue weighted by Gasteiger charge is -2.12. The summed E-state index contributed by atoms with van der Waals surface area (Å²) in [4.78, 5) is 38.5. The van der Waals surface area contributed by atoms with E-state index in [0.717, 1.165) is 19.3 Å². The molecule has 0 bridgehead atoms. The quantitative estimate of drug-likeness (QED) is 0.0734. The summed E-state index contributed by atoms with van der Waals surface area (Å²) in [6, 6.07) is 11.9. The summed E-state index contributed by atoms with van der Waals surface area (Å²) >= 11 is 6.01. The molecule has 0 saturated carbocycles. The number of unbranched alkanes of at least 4 members (excludes halogenated alkanes) is 14. The normalized spacial score (nSPS) is 11.9. The molecule has 0 aliphatic carbocycles. The Bertz CT molecular complexity index is 1450. The van der Waals surface area contributed by atoms with E-state index >= 15 is 0 Å². The zero-order chi connectivity index (χ0) is 35.4. The minimum Gasteiger partial charge on any atom is -0.497 e. The molecule has 1 atom stereocenters. The number of nitrogens with zero attached hydrogens (tertiary/aromatic N) is 1. The number of aromatic nitrogens is 1. The Balaban J connectivity index is 1.33. The summed E-state index contributed by atoms with van der Waals surface area (Å²) in [7, 11) is 1.55. The van der Waals surface area contributed by atoms with Crippen LogP contribution in [-0.2, 0) is 25.5 Å². The third-order valence-corrected chi connectivity index (χ3v) is 9.27. The number of halogens is 1. The lowest BCUT2D eigenvalue weighted by atomic mass is 10.0. The van der Waals surface area contributed by atoms with Crippen molar-refractivity contribution in [2.75, 3.05) is 20.3 Å². The molecule has 3 aromatic rings. The van der Waals surface area contributed by atoms with Gasteiger partial charge in [-0.3, -0.25) is 19.0 Å². The number of benzene rings is 2. The van der Waals surface area contributed by atoms with E-state index < -0.39 is 12.1 Å². The largest absolute Gasteiger partial charge is 0.497 e. The van der Waals surface area contributed by atoms with Crippen molar-refractivity contribution in [2.24, 2.45) is 0 Å². The molecule has 270 valence electrons. The first-order valence-corrected chi connectivity index (χ1v) is 18.6. The van der Waals surface area contributed by atoms with E-state index in [-0.39, 0.29) is 31.5 Å². The van der Waals surface area contributed by atoms with E-state index in [1.165, 1.54) is 77.0 Å². The zero-order valence-electron chi connectivity index (χ0n) is 29.8. The number of carbonyl (C=O) groups is 3. The van der Waals surface area contributed by atoms with Crippen LogP contribution in [-0.4, -0.2) is 53.9 Å². The van der Waals surface area contributed by atoms with Gasteiger partial charge in [-0.25, -0.2) is 0 Å². The second kappa shape index (κ2) is 22.4. The van der Waals surface area contributed by atoms with Gasteiger partial charge >= 0.3 is 11.9 Å². The lowest BCUT2D eigenvalue weighted by molar-refractivity contribution is -0.152. The van der Waals surface area contributed by atoms with Gasteiger partial charge in [-0.2, -0.15) is 0 Å². The minimum absolute atomic E-state index is 0.123. The fourth-order valence-electron chi connectivity index (χ4n) is 6.13. The van der Waals surface area contributed by atoms with Gasteiger partial charge in [-0.05, 0) is 61.4 Å². The first kappa shape index (κ1) is 40.1. The van der Waals surface area contributed by atoms with Gasteiger partial charge in [0.05, 0.1) is 19.0 Å². The summed E-state index contributed by atoms with van der Waals surface area (Å²) in [6.45, 7) is 3.48. The van der Waals surface area contributed by atoms with Crippen LogP contribution in [0.5, 0.6) is 5.75 Å². The topological polar surface area (TPSA) is 104 Å². The monoisotopic (exact) mass is 697 g/mol. The van der Waals surface area contributed by atoms with E-state index in [0.29, 0.717) is 44.9 Å². The van der Waals surface area contributed by atoms with Crippen molar-refractivity contribution >= 4 is 40.3 Å². The van der Waals surface area contributed by atoms with Gasteiger partial charge in [0, 0.05) is 28.1 Å². The highest BCUT2D eigenvalue weighted by molar-refractivity contribution is 6.30. The molecule has 8 nitrogen and oxygen atoms in total. The molecule has 0 radical (unpaired) electrons. The van der Waals surface area contributed by atoms with Gasteiger partial charge in [-0.15, -0.1) is 0 Å². The molecule has 1 aromatic heterocycles. The maximum absolute atomic E-state index is 13.5. The highest BCUT2D eigenvalue weighted by Crippen LogP contribution is 2.31. The maximum Gasteiger partial charge on any atom is 0.310 e. The Hall–Kier alpha value is -3.36. The van der Waals surface area contributed by atoms with Crippen LogP contribution in [0, 0.1) is 6.92 Å². The Kier molecular flexibility index (Phi) is 18.3. The van der Waals surface area contributed by atoms with E-state index in [2.05, 4.69) is 6.92 Å². The molecule has 9 heteroatoms. The molecule has 0 aliphatic rings. The number of rotatable bonds is 24. The summed E-state index contributed by atoms with van der Waals surface area (Å²) in [5.74, 6) is -0.611. The van der Waals surface area contributed by atoms with Crippen LogP contribution in [0.3, 0.4) is 0 Å². The number of hydrogen-bond donors (Lipinski definition) is 1. The molecule has 1 heterocycles. The van der Waals surface area contributed by atoms with Crippen molar-refractivity contribution in [2.45, 2.75) is 129 Å². The Morgan fingerprint density at radius 2 is 1.29 bits per heavy atom. The number of aliphatic hydroxyl groups excluding tert-OH is 1. The SMILES string of the molecule is CCCCCCCCCCCCCCCCCC(=O)OCC(O)COC(=O)Cc1c(C)n(C(=O)c2ccc(Cl)cc2)c2ccc(OC)cc12. The summed E-state index contributed by atoms with van der Waals surface area (Å²) in [6.07, 6.45) is 17.9. The maximum atomic E-state index is 13.5. The van der Waals surface area contributed by atoms with Crippen LogP contribution >= 0.6 is 11.6 Å². The number of methoxy groups -OCH3 is 1. The molecule has 2 aromatic carbocycles. The van der Waals surface area contributed by atoms with Gasteiger partial charge in [-0.1, -0.05) is 108 Å². The average Bonchev–Trinajstić information content (AvgIpc) is 3.37. The van der Waals surface area contributed by atoms with Gasteiger partial charge in [0.2, 0.25) is 0 Å². The third kappa shape index (κ3) is 13.8. The molecular formula is C40H56ClNO7. The molecule has 0 fully saturated rings. The Morgan fingerprint density at radius 3 is 1.84 bits per heavy atom. The Labute approximate surface area is 297 Å². The first-order chi connectivity index (χ1) is 23.7. The number of ether oxygens (including phenoxy) is 3. The van der Waals surface area contributed by atoms with Crippen LogP contribution in [0.1, 0.15) is 131 Å². The summed E-state index contributed by atoms with van der Waals surface area (Å²) in [5.41, 5.74) is 2.28. The fourth-order valence-corrected chi connectivity index (χ4v) is 6.26. The second-order valence-electron chi connectivity index (χ2n) is 13.0. The number of hydrogen-bond acceptors (Lipinski definition) is 7. The fraction of sp³-hybridized carbons (Fsp3) is 0.575. The van der Waals surface area contributed by atoms with Crippen molar-refractivity contribution in [1.29, 1.82) is 0 Å². The molecule has 0 aliphatic heterocycles. The highest BCUT2D eigenvalue weighted by Gasteiger charge is 2.23. The zero-order valence-corrected chi connectivity index (χ0v) is 30.5. The van der Waals surface area contributed by atoms with Crippen molar-refractivity contribution in [3.8, 4) is 5.75 Å². The second-order valence-corrected chi connectivity index (χ2v) is 13.4. The van der Waals surface area contributed by atoms with Crippen LogP contribution < -0.4 is 4.74 Å². The molecule has 0 saturated heterocycles. The van der Waals surface area contributed by atoms with Crippen molar-refractivity contribution < 1.29 is 33.7 Å². The standard InChI is InChI=1S/C40H56ClNO7/c1-4-5-6-7-8-9-10-11-12-13-14-15-16-17-18-19-38(44)48-28-33(43)29-49-39(45)27-35-30(2)42(37-25-24-34(47-3)26-36(35)37)40(46)31-20-22-32(41)23-21-31/h20-26,33,43H,4-19,27-29H2,1-3H3. The predicted molar refractivity (Wildman–Crippen MR) is 196 cm³/mol. The van der Waals surface area contributed by atoms with Gasteiger partial charge in [0.25, 0.3) is 5.91 Å². The molecule has 1 unspecified atom stereocenters. The third-order valence-electron chi connectivity index (χ3n) is 9.02. The van der Waals surface area contributed by atoms with Crippen molar-refractivity contribution in [1.82, 2.24) is 4.57 Å². The molecule has 3 rings (SSSR count). The molecule has 49 heavy (non-hydrogen) atoms. The number of fused-ring (bicyclic) bond motifs is 1. The van der Waals surface area contributed by atoms with Crippen molar-refractivity contribution in [3.63, 3.8) is 0 Å². The summed E-state index contributed by atoms with van der Waals surface area (Å²) < 4.78 is 17.5. The van der Waals surface area contributed by atoms with Gasteiger partial charge in [0.15, 0.2) is 0 Å². The van der Waals surface area contributed by atoms with Gasteiger partial charge < -0.3 is 19.3 Å². The molecule has 0 spiro atoms. The van der Waals surface area contributed by atoms with Crippen LogP contribution in [0.15, 0.2) is 42.5 Å². The number of esters is 2. The molecular weight excluding hydrogens is 642 g/mol. The van der Waals surface area contributed by atoms with Crippen LogP contribution in [0.4, 0.5) is 0 Å². The predicted octanol–water partition coefficient (Wildman–Crippen LogP) is 9.55. The van der Waals surface area contributed by atoms with Gasteiger partial charge in [0.1, 0.15) is 25.1 Å². The number of aliphatic hydroxyl groups is 1. The first-order valence-electron chi connectivity index (χ1n) is 18.2. The molecule has 1 N–H and O–H groups in total. The smallest absolute Gasteiger partial charge is 0.310 e. The average molecular weight is 698 g/mol. The lowest BCUT2D eigenvalue weighted by Crippen LogP contribution is -2.26. The molecule has 0 amide bonds. The van der Waals surface area contributed by atoms with E-state index in [1.54, 1.807) is 61.1 Å². The Morgan fingerprint density at radius 1 is 0.755 bits per heavy atom. The number of carbonyl (C=O) groups excluding carboxylic acids is 3. The minimum atomic E-state index is -1.14. The van der Waals surface area contributed by atoms with Crippen LogP contribution in [0.25, 0.3) is 10.9 Å². The van der Waals surface area contributed by atoms with E-state index in [1.807, 2.05) is 0 Å². The highest BCUT2D eigenvalue weighted by atomic mass is 35.5. The summed E-state index contributed by atoms with van der Waals surface area (Å²) in [5, 5.41) is 11.5. The van der Waals surface area contributed by atoms with Crippen LogP contribution in [0.2, 0.25) is 5.02 Å². The van der Waals surface area contributed by atoms with Crippen molar-refractivity contribution in [3.05, 3.63) is 64.3 Å². The van der Waals surface area contributed by atoms with E-state index in [9.17, 15) is 19.5 Å².